The van der Waals surface area contributed by atoms with Gasteiger partial charge >= 0.3 is 6.03 Å². The summed E-state index contributed by atoms with van der Waals surface area (Å²) in [6, 6.07) is 15.5. The number of thioether (sulfide) groups is 1. The van der Waals surface area contributed by atoms with Gasteiger partial charge < -0.3 is 19.2 Å². The standard InChI is InChI=1S/C19H16N4O5S/c24-16(21-18(25)20-12-6-2-1-3-7-12)11-29-19-23-22-17(28-19)15-10-26-13-8-4-5-9-14(13)27-15/h1-9,15H,10-11H2,(H2,20,21,24,25)/t15-/m0/s1. The summed E-state index contributed by atoms with van der Waals surface area (Å²) in [5.41, 5.74) is 0.586. The van der Waals surface area contributed by atoms with E-state index in [-0.39, 0.29) is 23.5 Å². The van der Waals surface area contributed by atoms with E-state index in [4.69, 9.17) is 13.9 Å². The normalized spacial score (nSPS) is 14.8. The summed E-state index contributed by atoms with van der Waals surface area (Å²) in [7, 11) is 0. The molecule has 3 aromatic rings. The van der Waals surface area contributed by atoms with Crippen LogP contribution >= 0.6 is 11.8 Å². The number of hydrogen-bond donors (Lipinski definition) is 2. The molecule has 1 aliphatic heterocycles. The highest BCUT2D eigenvalue weighted by Gasteiger charge is 2.27. The maximum Gasteiger partial charge on any atom is 0.325 e. The van der Waals surface area contributed by atoms with Crippen LogP contribution < -0.4 is 20.1 Å². The van der Waals surface area contributed by atoms with Crippen LogP contribution in [0.5, 0.6) is 11.5 Å². The molecule has 9 nitrogen and oxygen atoms in total. The topological polar surface area (TPSA) is 116 Å². The van der Waals surface area contributed by atoms with Gasteiger partial charge in [-0.15, -0.1) is 10.2 Å². The third kappa shape index (κ3) is 4.85. The minimum Gasteiger partial charge on any atom is -0.485 e. The summed E-state index contributed by atoms with van der Waals surface area (Å²) in [5, 5.41) is 12.8. The van der Waals surface area contributed by atoms with E-state index >= 15 is 0 Å². The maximum absolute atomic E-state index is 11.9. The van der Waals surface area contributed by atoms with E-state index in [0.29, 0.717) is 17.2 Å². The van der Waals surface area contributed by atoms with Crippen molar-refractivity contribution in [3.05, 3.63) is 60.5 Å². The zero-order chi connectivity index (χ0) is 20.1. The molecule has 4 rings (SSSR count). The summed E-state index contributed by atoms with van der Waals surface area (Å²) < 4.78 is 17.0. The van der Waals surface area contributed by atoms with Crippen molar-refractivity contribution in [2.45, 2.75) is 11.3 Å². The van der Waals surface area contributed by atoms with Crippen LogP contribution in [0.2, 0.25) is 0 Å². The predicted molar refractivity (Wildman–Crippen MR) is 104 cm³/mol. The van der Waals surface area contributed by atoms with Gasteiger partial charge in [0.25, 0.3) is 11.1 Å². The van der Waals surface area contributed by atoms with E-state index in [1.807, 2.05) is 24.3 Å². The van der Waals surface area contributed by atoms with Gasteiger partial charge in [-0.05, 0) is 24.3 Å². The Balaban J connectivity index is 1.26. The summed E-state index contributed by atoms with van der Waals surface area (Å²) in [4.78, 5) is 23.7. The number of amides is 3. The number of nitrogens with one attached hydrogen (secondary N) is 2. The molecule has 2 N–H and O–H groups in total. The molecule has 0 saturated heterocycles. The van der Waals surface area contributed by atoms with Crippen molar-refractivity contribution < 1.29 is 23.5 Å². The molecule has 0 aliphatic carbocycles. The number of hydrogen-bond acceptors (Lipinski definition) is 8. The summed E-state index contributed by atoms with van der Waals surface area (Å²) >= 11 is 1.02. The quantitative estimate of drug-likeness (QED) is 0.615. The largest absolute Gasteiger partial charge is 0.485 e. The number of imide groups is 1. The molecule has 1 aromatic heterocycles. The Morgan fingerprint density at radius 3 is 2.62 bits per heavy atom. The van der Waals surface area contributed by atoms with E-state index in [1.165, 1.54) is 0 Å². The van der Waals surface area contributed by atoms with Gasteiger partial charge in [0, 0.05) is 5.69 Å². The van der Waals surface area contributed by atoms with Crippen molar-refractivity contribution in [3.8, 4) is 11.5 Å². The Hall–Kier alpha value is -3.53. The number of aromatic nitrogens is 2. The van der Waals surface area contributed by atoms with Crippen molar-refractivity contribution in [3.63, 3.8) is 0 Å². The monoisotopic (exact) mass is 412 g/mol. The van der Waals surface area contributed by atoms with Crippen molar-refractivity contribution in [2.24, 2.45) is 0 Å². The Morgan fingerprint density at radius 1 is 1.03 bits per heavy atom. The van der Waals surface area contributed by atoms with Crippen LogP contribution in [0, 0.1) is 0 Å². The maximum atomic E-state index is 11.9. The number of fused-ring (bicyclic) bond motifs is 1. The number of urea groups is 1. The Labute approximate surface area is 169 Å². The SMILES string of the molecule is O=C(CSc1nnc([C@@H]2COc3ccccc3O2)o1)NC(=O)Nc1ccccc1. The van der Waals surface area contributed by atoms with E-state index in [2.05, 4.69) is 20.8 Å². The van der Waals surface area contributed by atoms with Crippen molar-refractivity contribution in [1.82, 2.24) is 15.5 Å². The lowest BCUT2D eigenvalue weighted by Crippen LogP contribution is -2.35. The number of carbonyl (C=O) groups excluding carboxylic acids is 2. The number of rotatable bonds is 5. The molecule has 3 amide bonds. The second-order valence-corrected chi connectivity index (χ2v) is 6.85. The molecule has 2 aromatic carbocycles. The van der Waals surface area contributed by atoms with E-state index < -0.39 is 18.0 Å². The molecule has 0 radical (unpaired) electrons. The van der Waals surface area contributed by atoms with Gasteiger partial charge in [0.1, 0.15) is 6.61 Å². The van der Waals surface area contributed by atoms with Gasteiger partial charge in [0.15, 0.2) is 11.5 Å². The fourth-order valence-corrected chi connectivity index (χ4v) is 3.09. The van der Waals surface area contributed by atoms with Crippen LogP contribution in [0.15, 0.2) is 64.2 Å². The van der Waals surface area contributed by atoms with Crippen LogP contribution in [-0.4, -0.2) is 34.5 Å². The molecule has 0 spiro atoms. The van der Waals surface area contributed by atoms with Gasteiger partial charge in [-0.1, -0.05) is 42.1 Å². The third-order valence-corrected chi connectivity index (χ3v) is 4.64. The van der Waals surface area contributed by atoms with E-state index in [0.717, 1.165) is 11.8 Å². The molecular weight excluding hydrogens is 396 g/mol. The van der Waals surface area contributed by atoms with Crippen LogP contribution in [-0.2, 0) is 4.79 Å². The molecule has 0 saturated carbocycles. The molecule has 1 aliphatic rings. The molecule has 0 fully saturated rings. The highest BCUT2D eigenvalue weighted by atomic mass is 32.2. The number of benzene rings is 2. The lowest BCUT2D eigenvalue weighted by atomic mass is 10.2. The predicted octanol–water partition coefficient (Wildman–Crippen LogP) is 3.02. The molecule has 0 bridgehead atoms. The zero-order valence-corrected chi connectivity index (χ0v) is 15.8. The average Bonchev–Trinajstić information content (AvgIpc) is 3.22. The van der Waals surface area contributed by atoms with E-state index in [9.17, 15) is 9.59 Å². The van der Waals surface area contributed by atoms with Crippen LogP contribution in [0.3, 0.4) is 0 Å². The van der Waals surface area contributed by atoms with Gasteiger partial charge in [0.2, 0.25) is 12.0 Å². The lowest BCUT2D eigenvalue weighted by molar-refractivity contribution is -0.117. The number of para-hydroxylation sites is 3. The molecule has 0 unspecified atom stereocenters. The molecular formula is C19H16N4O5S. The fraction of sp³-hybridized carbons (Fsp3) is 0.158. The summed E-state index contributed by atoms with van der Waals surface area (Å²) in [5.74, 6) is 0.955. The Kier molecular flexibility index (Phi) is 5.61. The molecule has 29 heavy (non-hydrogen) atoms. The molecule has 2 heterocycles. The van der Waals surface area contributed by atoms with Crippen molar-refractivity contribution >= 4 is 29.4 Å². The number of ether oxygens (including phenoxy) is 2. The van der Waals surface area contributed by atoms with Crippen LogP contribution in [0.4, 0.5) is 10.5 Å². The summed E-state index contributed by atoms with van der Waals surface area (Å²) in [6.45, 7) is 0.240. The second kappa shape index (κ2) is 8.65. The smallest absolute Gasteiger partial charge is 0.325 e. The fourth-order valence-electron chi connectivity index (χ4n) is 2.52. The molecule has 10 heteroatoms. The number of anilines is 1. The second-order valence-electron chi connectivity index (χ2n) is 5.93. The van der Waals surface area contributed by atoms with Gasteiger partial charge in [-0.25, -0.2) is 4.79 Å². The van der Waals surface area contributed by atoms with Crippen molar-refractivity contribution in [2.75, 3.05) is 17.7 Å². The number of carbonyl (C=O) groups is 2. The first kappa shape index (κ1) is 18.8. The third-order valence-electron chi connectivity index (χ3n) is 3.82. The number of nitrogens with zero attached hydrogens (tertiary/aromatic N) is 2. The molecule has 148 valence electrons. The molecule has 1 atom stereocenters. The average molecular weight is 412 g/mol. The summed E-state index contributed by atoms with van der Waals surface area (Å²) in [6.07, 6.45) is -0.530. The highest BCUT2D eigenvalue weighted by Crippen LogP contribution is 2.35. The minimum atomic E-state index is -0.612. The Bertz CT molecular complexity index is 1010. The first-order chi connectivity index (χ1) is 14.2. The van der Waals surface area contributed by atoms with E-state index in [1.54, 1.807) is 30.3 Å². The van der Waals surface area contributed by atoms with Crippen LogP contribution in [0.1, 0.15) is 12.0 Å². The first-order valence-corrected chi connectivity index (χ1v) is 9.66. The lowest BCUT2D eigenvalue weighted by Gasteiger charge is -2.23. The minimum absolute atomic E-state index is 0.0608. The Morgan fingerprint density at radius 2 is 1.79 bits per heavy atom. The van der Waals surface area contributed by atoms with Gasteiger partial charge in [0.05, 0.1) is 5.75 Å². The van der Waals surface area contributed by atoms with Gasteiger partial charge in [-0.3, -0.25) is 10.1 Å². The van der Waals surface area contributed by atoms with Crippen molar-refractivity contribution in [1.29, 1.82) is 0 Å². The van der Waals surface area contributed by atoms with Gasteiger partial charge in [-0.2, -0.15) is 0 Å². The highest BCUT2D eigenvalue weighted by molar-refractivity contribution is 7.99. The van der Waals surface area contributed by atoms with Crippen LogP contribution in [0.25, 0.3) is 0 Å². The zero-order valence-electron chi connectivity index (χ0n) is 15.0. The first-order valence-electron chi connectivity index (χ1n) is 8.68.